The molecule has 0 aromatic carbocycles. The normalized spacial score (nSPS) is 25.1. The van der Waals surface area contributed by atoms with Gasteiger partial charge in [-0.25, -0.2) is 0 Å². The molecule has 0 aromatic heterocycles. The van der Waals surface area contributed by atoms with E-state index in [-0.39, 0.29) is 11.2 Å². The van der Waals surface area contributed by atoms with Crippen LogP contribution >= 0.6 is 0 Å². The highest BCUT2D eigenvalue weighted by molar-refractivity contribution is 5.97. The molecule has 0 fully saturated rings. The van der Waals surface area contributed by atoms with E-state index in [1.807, 2.05) is 0 Å². The molecule has 88 valence electrons. The molecule has 16 heavy (non-hydrogen) atoms. The number of Topliss-reactive ketones (excluding diaryl/α,β-unsaturated/α-hetero) is 1. The number of hydrogen-bond donors (Lipinski definition) is 0. The molecular formula is C14H20O2. The number of carbonyl (C=O) groups excluding carboxylic acids is 1. The van der Waals surface area contributed by atoms with Gasteiger partial charge in [-0.2, -0.15) is 0 Å². The summed E-state index contributed by atoms with van der Waals surface area (Å²) in [6, 6.07) is 0. The SMILES string of the molecule is CC1=C(C)CC2=C(CC(C)(C)CC2=O)OC1. The van der Waals surface area contributed by atoms with Crippen molar-refractivity contribution in [2.45, 2.75) is 47.0 Å². The minimum absolute atomic E-state index is 0.0576. The molecule has 0 saturated heterocycles. The molecule has 0 N–H and O–H groups in total. The Morgan fingerprint density at radius 1 is 1.12 bits per heavy atom. The van der Waals surface area contributed by atoms with Gasteiger partial charge < -0.3 is 4.74 Å². The van der Waals surface area contributed by atoms with Crippen LogP contribution in [0, 0.1) is 5.41 Å². The first-order valence-electron chi connectivity index (χ1n) is 5.92. The van der Waals surface area contributed by atoms with Crippen molar-refractivity contribution < 1.29 is 9.53 Å². The Kier molecular flexibility index (Phi) is 2.69. The van der Waals surface area contributed by atoms with Crippen LogP contribution in [0.25, 0.3) is 0 Å². The lowest BCUT2D eigenvalue weighted by Gasteiger charge is -2.31. The predicted molar refractivity (Wildman–Crippen MR) is 64.0 cm³/mol. The molecule has 1 heterocycles. The van der Waals surface area contributed by atoms with Gasteiger partial charge in [-0.3, -0.25) is 4.79 Å². The average molecular weight is 220 g/mol. The van der Waals surface area contributed by atoms with Gasteiger partial charge in [0.2, 0.25) is 0 Å². The third kappa shape index (κ3) is 2.06. The number of hydrogen-bond acceptors (Lipinski definition) is 2. The second kappa shape index (κ2) is 3.76. The topological polar surface area (TPSA) is 26.3 Å². The summed E-state index contributed by atoms with van der Waals surface area (Å²) in [5, 5.41) is 0. The maximum atomic E-state index is 12.1. The fourth-order valence-electron chi connectivity index (χ4n) is 2.37. The Morgan fingerprint density at radius 3 is 2.50 bits per heavy atom. The van der Waals surface area contributed by atoms with Gasteiger partial charge in [-0.05, 0) is 24.8 Å². The summed E-state index contributed by atoms with van der Waals surface area (Å²) in [6.07, 6.45) is 2.34. The van der Waals surface area contributed by atoms with Gasteiger partial charge in [0.15, 0.2) is 5.78 Å². The van der Waals surface area contributed by atoms with Crippen LogP contribution in [0.1, 0.15) is 47.0 Å². The number of rotatable bonds is 0. The summed E-state index contributed by atoms with van der Waals surface area (Å²) in [5.41, 5.74) is 3.54. The molecule has 0 spiro atoms. The van der Waals surface area contributed by atoms with Crippen LogP contribution in [0.4, 0.5) is 0 Å². The summed E-state index contributed by atoms with van der Waals surface area (Å²) in [7, 11) is 0. The summed E-state index contributed by atoms with van der Waals surface area (Å²) in [6.45, 7) is 9.10. The summed E-state index contributed by atoms with van der Waals surface area (Å²) in [5.74, 6) is 1.22. The highest BCUT2D eigenvalue weighted by Crippen LogP contribution is 2.40. The van der Waals surface area contributed by atoms with Crippen molar-refractivity contribution in [3.8, 4) is 0 Å². The first-order valence-corrected chi connectivity index (χ1v) is 5.92. The zero-order chi connectivity index (χ0) is 11.9. The lowest BCUT2D eigenvalue weighted by molar-refractivity contribution is -0.118. The quantitative estimate of drug-likeness (QED) is 0.585. The second-order valence-corrected chi connectivity index (χ2v) is 5.87. The number of carbonyl (C=O) groups is 1. The summed E-state index contributed by atoms with van der Waals surface area (Å²) >= 11 is 0. The Labute approximate surface area is 97.4 Å². The number of ether oxygens (including phenoxy) is 1. The molecule has 2 rings (SSSR count). The van der Waals surface area contributed by atoms with E-state index in [9.17, 15) is 4.79 Å². The molecule has 0 radical (unpaired) electrons. The van der Waals surface area contributed by atoms with Crippen molar-refractivity contribution in [1.29, 1.82) is 0 Å². The van der Waals surface area contributed by atoms with Crippen molar-refractivity contribution in [3.63, 3.8) is 0 Å². The van der Waals surface area contributed by atoms with Crippen LogP contribution in [0.15, 0.2) is 22.5 Å². The lowest BCUT2D eigenvalue weighted by atomic mass is 9.75. The second-order valence-electron chi connectivity index (χ2n) is 5.87. The van der Waals surface area contributed by atoms with Crippen LogP contribution in [0.2, 0.25) is 0 Å². The Hall–Kier alpha value is -1.05. The van der Waals surface area contributed by atoms with Gasteiger partial charge in [0.1, 0.15) is 12.4 Å². The average Bonchev–Trinajstić information content (AvgIpc) is 2.28. The molecule has 0 aromatic rings. The van der Waals surface area contributed by atoms with Gasteiger partial charge >= 0.3 is 0 Å². The molecule has 0 atom stereocenters. The predicted octanol–water partition coefficient (Wildman–Crippen LogP) is 3.39. The first kappa shape index (κ1) is 11.4. The van der Waals surface area contributed by atoms with Gasteiger partial charge in [0.05, 0.1) is 0 Å². The van der Waals surface area contributed by atoms with Gasteiger partial charge in [-0.1, -0.05) is 19.4 Å². The van der Waals surface area contributed by atoms with Crippen LogP contribution in [-0.2, 0) is 9.53 Å². The third-order valence-electron chi connectivity index (χ3n) is 3.58. The fraction of sp³-hybridized carbons (Fsp3) is 0.643. The monoisotopic (exact) mass is 220 g/mol. The molecule has 2 aliphatic rings. The van der Waals surface area contributed by atoms with E-state index >= 15 is 0 Å². The van der Waals surface area contributed by atoms with E-state index < -0.39 is 0 Å². The molecule has 1 aliphatic carbocycles. The highest BCUT2D eigenvalue weighted by Gasteiger charge is 2.34. The van der Waals surface area contributed by atoms with Crippen molar-refractivity contribution in [2.24, 2.45) is 5.41 Å². The Balaban J connectivity index is 2.34. The van der Waals surface area contributed by atoms with E-state index in [0.717, 1.165) is 24.2 Å². The largest absolute Gasteiger partial charge is 0.493 e. The zero-order valence-corrected chi connectivity index (χ0v) is 10.6. The molecular weight excluding hydrogens is 200 g/mol. The third-order valence-corrected chi connectivity index (χ3v) is 3.58. The molecule has 1 aliphatic heterocycles. The number of ketones is 1. The molecule has 0 amide bonds. The molecule has 2 heteroatoms. The van der Waals surface area contributed by atoms with Crippen molar-refractivity contribution in [1.82, 2.24) is 0 Å². The van der Waals surface area contributed by atoms with E-state index in [2.05, 4.69) is 27.7 Å². The van der Waals surface area contributed by atoms with Crippen molar-refractivity contribution >= 4 is 5.78 Å². The minimum atomic E-state index is 0.0576. The maximum Gasteiger partial charge on any atom is 0.163 e. The molecule has 0 bridgehead atoms. The van der Waals surface area contributed by atoms with Gasteiger partial charge in [-0.15, -0.1) is 0 Å². The highest BCUT2D eigenvalue weighted by atomic mass is 16.5. The Bertz CT molecular complexity index is 397. The minimum Gasteiger partial charge on any atom is -0.493 e. The van der Waals surface area contributed by atoms with Crippen LogP contribution in [-0.4, -0.2) is 12.4 Å². The lowest BCUT2D eigenvalue weighted by Crippen LogP contribution is -2.26. The van der Waals surface area contributed by atoms with Crippen molar-refractivity contribution in [3.05, 3.63) is 22.5 Å². The van der Waals surface area contributed by atoms with E-state index in [0.29, 0.717) is 13.0 Å². The van der Waals surface area contributed by atoms with E-state index in [4.69, 9.17) is 4.74 Å². The van der Waals surface area contributed by atoms with E-state index in [1.54, 1.807) is 0 Å². The molecule has 0 unspecified atom stereocenters. The fourth-order valence-corrected chi connectivity index (χ4v) is 2.37. The van der Waals surface area contributed by atoms with Crippen molar-refractivity contribution in [2.75, 3.05) is 6.61 Å². The smallest absolute Gasteiger partial charge is 0.163 e. The van der Waals surface area contributed by atoms with Crippen LogP contribution < -0.4 is 0 Å². The van der Waals surface area contributed by atoms with Crippen LogP contribution in [0.3, 0.4) is 0 Å². The summed E-state index contributed by atoms with van der Waals surface area (Å²) in [4.78, 5) is 12.1. The first-order chi connectivity index (χ1) is 7.39. The Morgan fingerprint density at radius 2 is 1.81 bits per heavy atom. The maximum absolute atomic E-state index is 12.1. The molecule has 2 nitrogen and oxygen atoms in total. The standard InChI is InChI=1S/C14H20O2/c1-9-5-11-12(15)6-14(3,4)7-13(11)16-8-10(9)2/h5-8H2,1-4H3. The van der Waals surface area contributed by atoms with Gasteiger partial charge in [0.25, 0.3) is 0 Å². The number of allylic oxidation sites excluding steroid dienone is 3. The molecule has 0 saturated carbocycles. The van der Waals surface area contributed by atoms with Gasteiger partial charge in [0, 0.05) is 24.8 Å². The zero-order valence-electron chi connectivity index (χ0n) is 10.6. The van der Waals surface area contributed by atoms with Crippen LogP contribution in [0.5, 0.6) is 0 Å². The van der Waals surface area contributed by atoms with E-state index in [1.165, 1.54) is 11.1 Å². The summed E-state index contributed by atoms with van der Waals surface area (Å²) < 4.78 is 5.80.